The van der Waals surface area contributed by atoms with Crippen molar-refractivity contribution in [3.05, 3.63) is 24.3 Å². The molecule has 1 saturated heterocycles. The molecule has 0 atom stereocenters. The molecular weight excluding hydrogens is 336 g/mol. The van der Waals surface area contributed by atoms with Crippen LogP contribution in [0.25, 0.3) is 0 Å². The summed E-state index contributed by atoms with van der Waals surface area (Å²) in [7, 11) is 0. The van der Waals surface area contributed by atoms with Crippen molar-refractivity contribution in [2.75, 3.05) is 36.4 Å². The number of nitrogens with zero attached hydrogens (tertiary/aromatic N) is 2. The molecule has 1 aliphatic rings. The number of amides is 2. The van der Waals surface area contributed by atoms with E-state index in [4.69, 9.17) is 12.2 Å². The number of anilines is 2. The van der Waals surface area contributed by atoms with Gasteiger partial charge >= 0.3 is 0 Å². The van der Waals surface area contributed by atoms with Gasteiger partial charge in [0, 0.05) is 49.9 Å². The SMILES string of the molecule is CC(=O)N1CCN(c2ccc(NC(=S)NC(=O)C(C)(C)C)cc2)CC1. The molecule has 1 aromatic rings. The van der Waals surface area contributed by atoms with E-state index >= 15 is 0 Å². The fourth-order valence-corrected chi connectivity index (χ4v) is 2.70. The molecule has 0 bridgehead atoms. The Morgan fingerprint density at radius 1 is 1.04 bits per heavy atom. The maximum Gasteiger partial charge on any atom is 0.231 e. The number of rotatable bonds is 2. The molecule has 0 saturated carbocycles. The number of piperazine rings is 1. The highest BCUT2D eigenvalue weighted by Crippen LogP contribution is 2.20. The first-order valence-electron chi connectivity index (χ1n) is 8.40. The summed E-state index contributed by atoms with van der Waals surface area (Å²) < 4.78 is 0. The predicted octanol–water partition coefficient (Wildman–Crippen LogP) is 2.21. The molecule has 136 valence electrons. The average molecular weight is 362 g/mol. The maximum atomic E-state index is 11.9. The molecule has 0 aromatic heterocycles. The average Bonchev–Trinajstić information content (AvgIpc) is 2.54. The molecule has 1 fully saturated rings. The van der Waals surface area contributed by atoms with Crippen LogP contribution < -0.4 is 15.5 Å². The highest BCUT2D eigenvalue weighted by atomic mass is 32.1. The van der Waals surface area contributed by atoms with Crippen LogP contribution in [0.15, 0.2) is 24.3 Å². The molecule has 1 aromatic carbocycles. The monoisotopic (exact) mass is 362 g/mol. The van der Waals surface area contributed by atoms with Gasteiger partial charge in [-0.05, 0) is 36.5 Å². The van der Waals surface area contributed by atoms with Gasteiger partial charge < -0.3 is 20.4 Å². The van der Waals surface area contributed by atoms with Crippen LogP contribution in [0.3, 0.4) is 0 Å². The third-order valence-electron chi connectivity index (χ3n) is 4.12. The first-order valence-corrected chi connectivity index (χ1v) is 8.80. The minimum Gasteiger partial charge on any atom is -0.368 e. The normalized spacial score (nSPS) is 14.9. The van der Waals surface area contributed by atoms with Crippen molar-refractivity contribution < 1.29 is 9.59 Å². The first kappa shape index (κ1) is 19.2. The van der Waals surface area contributed by atoms with E-state index in [2.05, 4.69) is 15.5 Å². The molecule has 0 unspecified atom stereocenters. The van der Waals surface area contributed by atoms with Crippen LogP contribution in [0.5, 0.6) is 0 Å². The van der Waals surface area contributed by atoms with Gasteiger partial charge in [0.05, 0.1) is 0 Å². The Morgan fingerprint density at radius 2 is 1.60 bits per heavy atom. The zero-order valence-corrected chi connectivity index (χ0v) is 16.1. The second kappa shape index (κ2) is 7.82. The molecule has 6 nitrogen and oxygen atoms in total. The number of nitrogens with one attached hydrogen (secondary N) is 2. The molecule has 0 radical (unpaired) electrons. The predicted molar refractivity (Wildman–Crippen MR) is 105 cm³/mol. The second-order valence-electron chi connectivity index (χ2n) is 7.20. The number of hydrogen-bond acceptors (Lipinski definition) is 4. The Balaban J connectivity index is 1.89. The molecule has 25 heavy (non-hydrogen) atoms. The summed E-state index contributed by atoms with van der Waals surface area (Å²) in [6.45, 7) is 10.3. The van der Waals surface area contributed by atoms with Crippen LogP contribution >= 0.6 is 12.2 Å². The molecule has 0 spiro atoms. The van der Waals surface area contributed by atoms with E-state index < -0.39 is 5.41 Å². The zero-order chi connectivity index (χ0) is 18.6. The second-order valence-corrected chi connectivity index (χ2v) is 7.61. The van der Waals surface area contributed by atoms with Crippen molar-refractivity contribution in [2.24, 2.45) is 5.41 Å². The minimum atomic E-state index is -0.488. The highest BCUT2D eigenvalue weighted by molar-refractivity contribution is 7.80. The fraction of sp³-hybridized carbons (Fsp3) is 0.500. The smallest absolute Gasteiger partial charge is 0.231 e. The number of carbonyl (C=O) groups excluding carboxylic acids is 2. The van der Waals surface area contributed by atoms with E-state index in [-0.39, 0.29) is 11.8 Å². The summed E-state index contributed by atoms with van der Waals surface area (Å²) in [4.78, 5) is 27.4. The Hall–Kier alpha value is -2.15. The number of carbonyl (C=O) groups is 2. The lowest BCUT2D eigenvalue weighted by Gasteiger charge is -2.35. The van der Waals surface area contributed by atoms with E-state index in [1.165, 1.54) is 0 Å². The third-order valence-corrected chi connectivity index (χ3v) is 4.33. The van der Waals surface area contributed by atoms with Crippen LogP contribution in [0.1, 0.15) is 27.7 Å². The summed E-state index contributed by atoms with van der Waals surface area (Å²) in [6, 6.07) is 7.89. The number of benzene rings is 1. The van der Waals surface area contributed by atoms with Gasteiger partial charge in [0.25, 0.3) is 0 Å². The van der Waals surface area contributed by atoms with Gasteiger partial charge in [0.1, 0.15) is 0 Å². The summed E-state index contributed by atoms with van der Waals surface area (Å²) in [5.41, 5.74) is 1.45. The quantitative estimate of drug-likeness (QED) is 0.790. The van der Waals surface area contributed by atoms with E-state index in [1.807, 2.05) is 49.9 Å². The largest absolute Gasteiger partial charge is 0.368 e. The Bertz CT molecular complexity index is 644. The lowest BCUT2D eigenvalue weighted by Crippen LogP contribution is -2.48. The topological polar surface area (TPSA) is 64.7 Å². The van der Waals surface area contributed by atoms with E-state index in [0.717, 1.165) is 37.6 Å². The van der Waals surface area contributed by atoms with Gasteiger partial charge in [0.15, 0.2) is 5.11 Å². The van der Waals surface area contributed by atoms with Crippen molar-refractivity contribution in [2.45, 2.75) is 27.7 Å². The minimum absolute atomic E-state index is 0.120. The first-order chi connectivity index (χ1) is 11.7. The van der Waals surface area contributed by atoms with Gasteiger partial charge in [0.2, 0.25) is 11.8 Å². The van der Waals surface area contributed by atoms with Crippen molar-refractivity contribution >= 4 is 40.5 Å². The van der Waals surface area contributed by atoms with Crippen LogP contribution in [0.4, 0.5) is 11.4 Å². The lowest BCUT2D eigenvalue weighted by atomic mass is 9.96. The van der Waals surface area contributed by atoms with Crippen LogP contribution in [0.2, 0.25) is 0 Å². The Labute approximate surface area is 154 Å². The molecule has 2 rings (SSSR count). The molecule has 1 aliphatic heterocycles. The zero-order valence-electron chi connectivity index (χ0n) is 15.3. The van der Waals surface area contributed by atoms with Gasteiger partial charge in [-0.15, -0.1) is 0 Å². The van der Waals surface area contributed by atoms with Crippen molar-refractivity contribution in [3.8, 4) is 0 Å². The van der Waals surface area contributed by atoms with Gasteiger partial charge in [-0.1, -0.05) is 20.8 Å². The van der Waals surface area contributed by atoms with E-state index in [9.17, 15) is 9.59 Å². The van der Waals surface area contributed by atoms with Gasteiger partial charge in [-0.25, -0.2) is 0 Å². The number of hydrogen-bond donors (Lipinski definition) is 2. The van der Waals surface area contributed by atoms with Crippen molar-refractivity contribution in [3.63, 3.8) is 0 Å². The van der Waals surface area contributed by atoms with Crippen LogP contribution in [-0.4, -0.2) is 48.0 Å². The molecule has 7 heteroatoms. The van der Waals surface area contributed by atoms with E-state index in [0.29, 0.717) is 5.11 Å². The van der Waals surface area contributed by atoms with E-state index in [1.54, 1.807) is 6.92 Å². The third kappa shape index (κ3) is 5.42. The molecule has 2 amide bonds. The van der Waals surface area contributed by atoms with Crippen LogP contribution in [0, 0.1) is 5.41 Å². The maximum absolute atomic E-state index is 11.9. The summed E-state index contributed by atoms with van der Waals surface area (Å²) in [5, 5.41) is 6.01. The van der Waals surface area contributed by atoms with Crippen molar-refractivity contribution in [1.82, 2.24) is 10.2 Å². The van der Waals surface area contributed by atoms with Gasteiger partial charge in [-0.2, -0.15) is 0 Å². The number of thiocarbonyl (C=S) groups is 1. The van der Waals surface area contributed by atoms with Crippen molar-refractivity contribution in [1.29, 1.82) is 0 Å². The highest BCUT2D eigenvalue weighted by Gasteiger charge is 2.22. The summed E-state index contributed by atoms with van der Waals surface area (Å²) >= 11 is 5.19. The summed E-state index contributed by atoms with van der Waals surface area (Å²) in [6.07, 6.45) is 0. The summed E-state index contributed by atoms with van der Waals surface area (Å²) in [5.74, 6) is 0.00924. The molecule has 0 aliphatic carbocycles. The lowest BCUT2D eigenvalue weighted by molar-refractivity contribution is -0.129. The molecule has 2 N–H and O–H groups in total. The van der Waals surface area contributed by atoms with Gasteiger partial charge in [-0.3, -0.25) is 9.59 Å². The Kier molecular flexibility index (Phi) is 6.00. The standard InChI is InChI=1S/C18H26N4O2S/c1-13(23)21-9-11-22(12-10-21)15-7-5-14(6-8-15)19-17(25)20-16(24)18(2,3)4/h5-8H,9-12H2,1-4H3,(H2,19,20,24,25). The van der Waals surface area contributed by atoms with Crippen LogP contribution in [-0.2, 0) is 9.59 Å². The Morgan fingerprint density at radius 3 is 2.08 bits per heavy atom. The molecule has 1 heterocycles. The molecular formula is C18H26N4O2S. The fourth-order valence-electron chi connectivity index (χ4n) is 2.49.